The van der Waals surface area contributed by atoms with Crippen molar-refractivity contribution in [1.82, 2.24) is 15.0 Å². The minimum Gasteiger partial charge on any atom is -0.497 e. The average Bonchev–Trinajstić information content (AvgIpc) is 2.93. The number of benzene rings is 1. The van der Waals surface area contributed by atoms with Gasteiger partial charge in [-0.2, -0.15) is 4.98 Å². The van der Waals surface area contributed by atoms with Crippen molar-refractivity contribution in [3.63, 3.8) is 0 Å². The lowest BCUT2D eigenvalue weighted by Gasteiger charge is -2.17. The third kappa shape index (κ3) is 4.58. The summed E-state index contributed by atoms with van der Waals surface area (Å²) in [7, 11) is 3.44. The number of amides is 1. The zero-order valence-corrected chi connectivity index (χ0v) is 13.2. The number of rotatable bonds is 7. The summed E-state index contributed by atoms with van der Waals surface area (Å²) in [6.07, 6.45) is 1.80. The van der Waals surface area contributed by atoms with Crippen LogP contribution in [0.25, 0.3) is 0 Å². The van der Waals surface area contributed by atoms with Crippen LogP contribution in [0.15, 0.2) is 28.8 Å². The van der Waals surface area contributed by atoms with Crippen molar-refractivity contribution in [3.05, 3.63) is 41.5 Å². The number of nitrogens with zero attached hydrogens (tertiary/aromatic N) is 3. The second-order valence-corrected chi connectivity index (χ2v) is 5.19. The molecular formula is C16H21N3O3. The van der Waals surface area contributed by atoms with Gasteiger partial charge in [0.2, 0.25) is 11.8 Å². The second kappa shape index (κ2) is 7.59. The van der Waals surface area contributed by atoms with Crippen LogP contribution in [0, 0.1) is 6.92 Å². The zero-order chi connectivity index (χ0) is 15.9. The molecule has 0 atom stereocenters. The van der Waals surface area contributed by atoms with Crippen molar-refractivity contribution in [2.45, 2.75) is 32.7 Å². The molecule has 0 bridgehead atoms. The molecular weight excluding hydrogens is 282 g/mol. The summed E-state index contributed by atoms with van der Waals surface area (Å²) in [5.74, 6) is 2.13. The van der Waals surface area contributed by atoms with Gasteiger partial charge in [0, 0.05) is 26.4 Å². The van der Waals surface area contributed by atoms with Crippen molar-refractivity contribution < 1.29 is 14.1 Å². The van der Waals surface area contributed by atoms with Gasteiger partial charge in [-0.05, 0) is 31.0 Å². The highest BCUT2D eigenvalue weighted by molar-refractivity contribution is 5.75. The minimum atomic E-state index is 0.104. The molecule has 0 spiro atoms. The first kappa shape index (κ1) is 16.0. The van der Waals surface area contributed by atoms with Gasteiger partial charge < -0.3 is 14.2 Å². The standard InChI is InChI=1S/C16H21N3O3/c1-12-17-15(22-18-12)5-4-6-16(20)19(2)11-13-7-9-14(21-3)10-8-13/h7-10H,4-6,11H2,1-3H3. The molecule has 1 amide bonds. The van der Waals surface area contributed by atoms with Gasteiger partial charge >= 0.3 is 0 Å². The minimum absolute atomic E-state index is 0.104. The number of aromatic nitrogens is 2. The average molecular weight is 303 g/mol. The molecule has 0 aliphatic heterocycles. The molecule has 0 aliphatic carbocycles. The molecule has 1 aromatic heterocycles. The Labute approximate surface area is 130 Å². The van der Waals surface area contributed by atoms with Crippen LogP contribution in [0.2, 0.25) is 0 Å². The Hall–Kier alpha value is -2.37. The van der Waals surface area contributed by atoms with E-state index >= 15 is 0 Å². The number of methoxy groups -OCH3 is 1. The van der Waals surface area contributed by atoms with Crippen molar-refractivity contribution in [2.24, 2.45) is 0 Å². The highest BCUT2D eigenvalue weighted by Crippen LogP contribution is 2.13. The van der Waals surface area contributed by atoms with Crippen molar-refractivity contribution >= 4 is 5.91 Å². The quantitative estimate of drug-likeness (QED) is 0.785. The van der Waals surface area contributed by atoms with Crippen LogP contribution in [0.4, 0.5) is 0 Å². The van der Waals surface area contributed by atoms with Crippen LogP contribution in [0.3, 0.4) is 0 Å². The molecule has 0 radical (unpaired) electrons. The van der Waals surface area contributed by atoms with Crippen molar-refractivity contribution in [2.75, 3.05) is 14.2 Å². The van der Waals surface area contributed by atoms with E-state index in [1.54, 1.807) is 18.9 Å². The summed E-state index contributed by atoms with van der Waals surface area (Å²) >= 11 is 0. The van der Waals surface area contributed by atoms with E-state index in [9.17, 15) is 4.79 Å². The number of aryl methyl sites for hydroxylation is 2. The van der Waals surface area contributed by atoms with Crippen LogP contribution in [0.1, 0.15) is 30.1 Å². The molecule has 0 aliphatic rings. The lowest BCUT2D eigenvalue weighted by molar-refractivity contribution is -0.130. The maximum Gasteiger partial charge on any atom is 0.226 e. The zero-order valence-electron chi connectivity index (χ0n) is 13.2. The lowest BCUT2D eigenvalue weighted by Crippen LogP contribution is -2.25. The van der Waals surface area contributed by atoms with E-state index in [-0.39, 0.29) is 5.91 Å². The largest absolute Gasteiger partial charge is 0.497 e. The third-order valence-corrected chi connectivity index (χ3v) is 3.36. The smallest absolute Gasteiger partial charge is 0.226 e. The van der Waals surface area contributed by atoms with E-state index in [1.807, 2.05) is 31.3 Å². The topological polar surface area (TPSA) is 68.5 Å². The van der Waals surface area contributed by atoms with Gasteiger partial charge in [0.15, 0.2) is 5.82 Å². The molecule has 6 nitrogen and oxygen atoms in total. The van der Waals surface area contributed by atoms with Crippen molar-refractivity contribution in [1.29, 1.82) is 0 Å². The van der Waals surface area contributed by atoms with Crippen LogP contribution < -0.4 is 4.74 Å². The summed E-state index contributed by atoms with van der Waals surface area (Å²) in [5, 5.41) is 3.73. The summed E-state index contributed by atoms with van der Waals surface area (Å²) in [6.45, 7) is 2.36. The third-order valence-electron chi connectivity index (χ3n) is 3.36. The van der Waals surface area contributed by atoms with E-state index in [0.29, 0.717) is 37.5 Å². The second-order valence-electron chi connectivity index (χ2n) is 5.19. The SMILES string of the molecule is COc1ccc(CN(C)C(=O)CCCc2nc(C)no2)cc1. The Morgan fingerprint density at radius 2 is 2.05 bits per heavy atom. The van der Waals surface area contributed by atoms with Gasteiger partial charge in [-0.25, -0.2) is 0 Å². The van der Waals surface area contributed by atoms with Crippen LogP contribution in [-0.4, -0.2) is 35.1 Å². The summed E-state index contributed by atoms with van der Waals surface area (Å²) in [6, 6.07) is 7.71. The highest BCUT2D eigenvalue weighted by Gasteiger charge is 2.10. The first-order valence-corrected chi connectivity index (χ1v) is 7.24. The Kier molecular flexibility index (Phi) is 5.52. The Balaban J connectivity index is 1.76. The molecule has 22 heavy (non-hydrogen) atoms. The summed E-state index contributed by atoms with van der Waals surface area (Å²) in [4.78, 5) is 17.9. The van der Waals surface area contributed by atoms with Gasteiger partial charge in [0.1, 0.15) is 5.75 Å². The molecule has 1 aromatic carbocycles. The molecule has 1 heterocycles. The maximum atomic E-state index is 12.1. The monoisotopic (exact) mass is 303 g/mol. The molecule has 6 heteroatoms. The molecule has 118 valence electrons. The Bertz CT molecular complexity index is 607. The van der Waals surface area contributed by atoms with E-state index in [2.05, 4.69) is 10.1 Å². The molecule has 0 fully saturated rings. The fraction of sp³-hybridized carbons (Fsp3) is 0.438. The van der Waals surface area contributed by atoms with E-state index < -0.39 is 0 Å². The van der Waals surface area contributed by atoms with E-state index in [0.717, 1.165) is 11.3 Å². The normalized spacial score (nSPS) is 10.5. The first-order chi connectivity index (χ1) is 10.6. The summed E-state index contributed by atoms with van der Waals surface area (Å²) in [5.41, 5.74) is 1.07. The fourth-order valence-corrected chi connectivity index (χ4v) is 2.12. The Morgan fingerprint density at radius 1 is 1.32 bits per heavy atom. The molecule has 0 saturated carbocycles. The van der Waals surface area contributed by atoms with Gasteiger partial charge in [-0.1, -0.05) is 17.3 Å². The molecule has 0 N–H and O–H groups in total. The van der Waals surface area contributed by atoms with E-state index in [1.165, 1.54) is 0 Å². The number of hydrogen-bond donors (Lipinski definition) is 0. The highest BCUT2D eigenvalue weighted by atomic mass is 16.5. The number of carbonyl (C=O) groups is 1. The fourth-order valence-electron chi connectivity index (χ4n) is 2.12. The number of carbonyl (C=O) groups excluding carboxylic acids is 1. The van der Waals surface area contributed by atoms with E-state index in [4.69, 9.17) is 9.26 Å². The van der Waals surface area contributed by atoms with Gasteiger partial charge in [-0.15, -0.1) is 0 Å². The summed E-state index contributed by atoms with van der Waals surface area (Å²) < 4.78 is 10.1. The number of ether oxygens (including phenoxy) is 1. The lowest BCUT2D eigenvalue weighted by atomic mass is 10.2. The van der Waals surface area contributed by atoms with Crippen LogP contribution in [-0.2, 0) is 17.8 Å². The van der Waals surface area contributed by atoms with Crippen LogP contribution >= 0.6 is 0 Å². The molecule has 2 rings (SSSR count). The van der Waals surface area contributed by atoms with Crippen LogP contribution in [0.5, 0.6) is 5.75 Å². The van der Waals surface area contributed by atoms with Gasteiger partial charge in [0.05, 0.1) is 7.11 Å². The predicted molar refractivity (Wildman–Crippen MR) is 81.4 cm³/mol. The maximum absolute atomic E-state index is 12.1. The first-order valence-electron chi connectivity index (χ1n) is 7.24. The van der Waals surface area contributed by atoms with Crippen molar-refractivity contribution in [3.8, 4) is 5.75 Å². The van der Waals surface area contributed by atoms with Gasteiger partial charge in [0.25, 0.3) is 0 Å². The Morgan fingerprint density at radius 3 is 2.64 bits per heavy atom. The van der Waals surface area contributed by atoms with Gasteiger partial charge in [-0.3, -0.25) is 4.79 Å². The molecule has 0 unspecified atom stereocenters. The predicted octanol–water partition coefficient (Wildman–Crippen LogP) is 2.37. The molecule has 0 saturated heterocycles. The molecule has 2 aromatic rings. The number of hydrogen-bond acceptors (Lipinski definition) is 5.